The first-order valence-electron chi connectivity index (χ1n) is 9.10. The van der Waals surface area contributed by atoms with E-state index >= 15 is 0 Å². The summed E-state index contributed by atoms with van der Waals surface area (Å²) in [6.07, 6.45) is 1.19. The van der Waals surface area contributed by atoms with Crippen LogP contribution in [0.4, 0.5) is 10.1 Å². The zero-order chi connectivity index (χ0) is 18.7. The van der Waals surface area contributed by atoms with E-state index in [1.165, 1.54) is 12.5 Å². The topological polar surface area (TPSA) is 70.8 Å². The molecular weight excluding hydrogens is 349 g/mol. The second-order valence-corrected chi connectivity index (χ2v) is 7.26. The summed E-state index contributed by atoms with van der Waals surface area (Å²) in [5.41, 5.74) is 3.38. The molecule has 5 rings (SSSR count). The van der Waals surface area contributed by atoms with Gasteiger partial charge >= 0.3 is 0 Å². The van der Waals surface area contributed by atoms with E-state index in [2.05, 4.69) is 11.0 Å². The lowest BCUT2D eigenvalue weighted by Gasteiger charge is -2.33. The van der Waals surface area contributed by atoms with Gasteiger partial charge in [-0.25, -0.2) is 9.37 Å². The Morgan fingerprint density at radius 3 is 2.56 bits per heavy atom. The number of benzene rings is 2. The highest BCUT2D eigenvalue weighted by Gasteiger charge is 2.29. The highest BCUT2D eigenvalue weighted by atomic mass is 19.1. The van der Waals surface area contributed by atoms with E-state index in [0.29, 0.717) is 24.6 Å². The second kappa shape index (κ2) is 5.85. The summed E-state index contributed by atoms with van der Waals surface area (Å²) in [7, 11) is 0. The maximum absolute atomic E-state index is 14.8. The number of aromatic hydroxyl groups is 2. The Kier molecular flexibility index (Phi) is 3.55. The molecule has 2 aromatic carbocycles. The van der Waals surface area contributed by atoms with E-state index in [0.717, 1.165) is 29.8 Å². The first-order valence-corrected chi connectivity index (χ1v) is 9.10. The van der Waals surface area contributed by atoms with Crippen molar-refractivity contribution in [2.45, 2.75) is 19.4 Å². The van der Waals surface area contributed by atoms with Gasteiger partial charge in [-0.05, 0) is 43.2 Å². The van der Waals surface area contributed by atoms with Gasteiger partial charge < -0.3 is 24.4 Å². The third-order valence-electron chi connectivity index (χ3n) is 5.52. The molecule has 0 bridgehead atoms. The zero-order valence-corrected chi connectivity index (χ0v) is 14.9. The molecule has 2 aliphatic heterocycles. The van der Waals surface area contributed by atoms with Gasteiger partial charge in [0.2, 0.25) is 0 Å². The lowest BCUT2D eigenvalue weighted by molar-refractivity contribution is -0.0209. The Labute approximate surface area is 155 Å². The molecule has 2 N–H and O–H groups in total. The Bertz CT molecular complexity index is 1050. The molecule has 6 nitrogen and oxygen atoms in total. The number of aryl methyl sites for hydroxylation is 1. The van der Waals surface area contributed by atoms with Crippen LogP contribution in [0.25, 0.3) is 22.4 Å². The fourth-order valence-corrected chi connectivity index (χ4v) is 3.72. The van der Waals surface area contributed by atoms with Crippen molar-refractivity contribution in [3.63, 3.8) is 0 Å². The summed E-state index contributed by atoms with van der Waals surface area (Å²) < 4.78 is 22.1. The van der Waals surface area contributed by atoms with Crippen LogP contribution in [-0.4, -0.2) is 46.1 Å². The van der Waals surface area contributed by atoms with Crippen LogP contribution < -0.4 is 4.90 Å². The molecule has 27 heavy (non-hydrogen) atoms. The third-order valence-corrected chi connectivity index (χ3v) is 5.52. The number of aromatic nitrogens is 2. The number of imidazole rings is 1. The van der Waals surface area contributed by atoms with Gasteiger partial charge in [0.15, 0.2) is 17.3 Å². The molecule has 0 amide bonds. The van der Waals surface area contributed by atoms with Crippen molar-refractivity contribution in [2.24, 2.45) is 0 Å². The number of hydrogen-bond acceptors (Lipinski definition) is 5. The molecule has 0 radical (unpaired) electrons. The Morgan fingerprint density at radius 2 is 1.93 bits per heavy atom. The normalized spacial score (nSPS) is 17.2. The van der Waals surface area contributed by atoms with Gasteiger partial charge in [0, 0.05) is 18.8 Å². The molecule has 3 heterocycles. The van der Waals surface area contributed by atoms with E-state index in [-0.39, 0.29) is 11.6 Å². The summed E-state index contributed by atoms with van der Waals surface area (Å²) in [4.78, 5) is 6.99. The Morgan fingerprint density at radius 1 is 1.15 bits per heavy atom. The molecule has 0 unspecified atom stereocenters. The first-order chi connectivity index (χ1) is 13.0. The summed E-state index contributed by atoms with van der Waals surface area (Å²) >= 11 is 0. The van der Waals surface area contributed by atoms with Crippen molar-refractivity contribution in [3.05, 3.63) is 35.6 Å². The van der Waals surface area contributed by atoms with Crippen molar-refractivity contribution >= 4 is 16.7 Å². The maximum atomic E-state index is 14.8. The summed E-state index contributed by atoms with van der Waals surface area (Å²) in [5.74, 6) is -1.60. The van der Waals surface area contributed by atoms with Crippen molar-refractivity contribution in [1.29, 1.82) is 0 Å². The van der Waals surface area contributed by atoms with Gasteiger partial charge in [0.05, 0.1) is 35.9 Å². The second-order valence-electron chi connectivity index (χ2n) is 7.26. The van der Waals surface area contributed by atoms with Crippen molar-refractivity contribution in [2.75, 3.05) is 31.2 Å². The molecule has 7 heteroatoms. The summed E-state index contributed by atoms with van der Waals surface area (Å²) in [6.45, 7) is 4.78. The molecule has 3 aromatic rings. The lowest BCUT2D eigenvalue weighted by Crippen LogP contribution is -2.36. The largest absolute Gasteiger partial charge is 0.504 e. The maximum Gasteiger partial charge on any atom is 0.195 e. The molecular formula is C20H20FN3O3. The number of hydrogen-bond donors (Lipinski definition) is 2. The van der Waals surface area contributed by atoms with Crippen molar-refractivity contribution < 1.29 is 19.3 Å². The molecule has 2 fully saturated rings. The predicted octanol–water partition coefficient (Wildman–Crippen LogP) is 3.34. The fourth-order valence-electron chi connectivity index (χ4n) is 3.72. The van der Waals surface area contributed by atoms with E-state index in [1.54, 1.807) is 6.92 Å². The molecule has 2 aliphatic rings. The van der Waals surface area contributed by atoms with Crippen LogP contribution in [0.5, 0.6) is 11.5 Å². The highest BCUT2D eigenvalue weighted by Crippen LogP contribution is 2.40. The Hall–Kier alpha value is -2.80. The number of anilines is 1. The Balaban J connectivity index is 1.73. The van der Waals surface area contributed by atoms with Crippen molar-refractivity contribution in [1.82, 2.24) is 9.55 Å². The van der Waals surface area contributed by atoms with Crippen LogP contribution in [0.3, 0.4) is 0 Å². The van der Waals surface area contributed by atoms with Gasteiger partial charge in [0.1, 0.15) is 5.82 Å². The van der Waals surface area contributed by atoms with E-state index < -0.39 is 17.3 Å². The highest BCUT2D eigenvalue weighted by molar-refractivity contribution is 5.85. The number of nitrogens with zero attached hydrogens (tertiary/aromatic N) is 3. The SMILES string of the molecule is Cc1cc(-c2nc3cc(N4CCC4)ccc3n2C2COC2)c(F)c(O)c1O. The number of phenolic OH excluding ortho intramolecular Hbond substituents is 2. The fraction of sp³-hybridized carbons (Fsp3) is 0.350. The van der Waals surface area contributed by atoms with Gasteiger partial charge in [0.25, 0.3) is 0 Å². The minimum Gasteiger partial charge on any atom is -0.504 e. The minimum absolute atomic E-state index is 0.0653. The quantitative estimate of drug-likeness (QED) is 0.693. The van der Waals surface area contributed by atoms with Gasteiger partial charge in [-0.1, -0.05) is 0 Å². The average molecular weight is 369 g/mol. The number of rotatable bonds is 3. The number of ether oxygens (including phenoxy) is 1. The monoisotopic (exact) mass is 369 g/mol. The molecule has 1 aromatic heterocycles. The molecule has 0 saturated carbocycles. The number of halogens is 1. The molecule has 0 aliphatic carbocycles. The van der Waals surface area contributed by atoms with Crippen LogP contribution in [0.15, 0.2) is 24.3 Å². The minimum atomic E-state index is -0.863. The zero-order valence-electron chi connectivity index (χ0n) is 14.9. The third kappa shape index (κ3) is 2.38. The van der Waals surface area contributed by atoms with Crippen LogP contribution in [0.1, 0.15) is 18.0 Å². The predicted molar refractivity (Wildman–Crippen MR) is 99.9 cm³/mol. The van der Waals surface area contributed by atoms with Gasteiger partial charge in [-0.3, -0.25) is 0 Å². The van der Waals surface area contributed by atoms with Gasteiger partial charge in [-0.15, -0.1) is 0 Å². The number of fused-ring (bicyclic) bond motifs is 1. The van der Waals surface area contributed by atoms with Crippen LogP contribution in [0.2, 0.25) is 0 Å². The van der Waals surface area contributed by atoms with E-state index in [1.807, 2.05) is 16.7 Å². The average Bonchev–Trinajstić information content (AvgIpc) is 2.92. The van der Waals surface area contributed by atoms with E-state index in [9.17, 15) is 14.6 Å². The first kappa shape index (κ1) is 16.4. The smallest absolute Gasteiger partial charge is 0.195 e. The molecule has 0 spiro atoms. The summed E-state index contributed by atoms with van der Waals surface area (Å²) in [5, 5.41) is 19.8. The lowest BCUT2D eigenvalue weighted by atomic mass is 10.1. The van der Waals surface area contributed by atoms with Crippen LogP contribution in [-0.2, 0) is 4.74 Å². The standard InChI is InChI=1S/C20H20FN3O3/c1-11-7-14(17(21)19(26)18(11)25)20-22-15-8-12(23-5-2-6-23)3-4-16(15)24(20)13-9-27-10-13/h3-4,7-8,13,25-26H,2,5-6,9-10H2,1H3. The summed E-state index contributed by atoms with van der Waals surface area (Å²) in [6, 6.07) is 7.70. The molecule has 2 saturated heterocycles. The molecule has 140 valence electrons. The van der Waals surface area contributed by atoms with Crippen LogP contribution >= 0.6 is 0 Å². The van der Waals surface area contributed by atoms with Crippen molar-refractivity contribution in [3.8, 4) is 22.9 Å². The van der Waals surface area contributed by atoms with E-state index in [4.69, 9.17) is 9.72 Å². The van der Waals surface area contributed by atoms with Gasteiger partial charge in [-0.2, -0.15) is 0 Å². The van der Waals surface area contributed by atoms with Crippen LogP contribution in [0, 0.1) is 12.7 Å². The number of phenols is 2. The molecule has 0 atom stereocenters.